The first kappa shape index (κ1) is 21.0. The molecule has 0 bridgehead atoms. The van der Waals surface area contributed by atoms with Gasteiger partial charge in [-0.3, -0.25) is 4.79 Å². The predicted octanol–water partition coefficient (Wildman–Crippen LogP) is 3.03. The van der Waals surface area contributed by atoms with Crippen LogP contribution in [0.25, 0.3) is 0 Å². The molecule has 3 N–H and O–H groups in total. The molecule has 3 aromatic rings. The number of hydrogen-bond acceptors (Lipinski definition) is 7. The number of primary sulfonamides is 1. The smallest absolute Gasteiger partial charge is 0.238 e. The normalized spacial score (nSPS) is 15.1. The summed E-state index contributed by atoms with van der Waals surface area (Å²) in [5, 5.41) is 18.9. The van der Waals surface area contributed by atoms with E-state index in [0.717, 1.165) is 30.2 Å². The van der Waals surface area contributed by atoms with E-state index in [1.165, 1.54) is 34.8 Å². The van der Waals surface area contributed by atoms with E-state index in [0.29, 0.717) is 11.7 Å². The molecule has 30 heavy (non-hydrogen) atoms. The SMILES string of the molecule is C[C@H](Sc1nnc(Cc2cccs2)n1C1CC1)C(=O)Nc1cccc(S(N)(=O)=O)c1. The third-order valence-corrected chi connectivity index (χ3v) is 7.49. The number of hydrogen-bond donors (Lipinski definition) is 2. The molecule has 8 nitrogen and oxygen atoms in total. The molecule has 158 valence electrons. The van der Waals surface area contributed by atoms with Crippen LogP contribution in [0.5, 0.6) is 0 Å². The first-order chi connectivity index (χ1) is 14.3. The fourth-order valence-electron chi connectivity index (χ4n) is 2.98. The number of carbonyl (C=O) groups excluding carboxylic acids is 1. The number of nitrogens with two attached hydrogens (primary N) is 1. The highest BCUT2D eigenvalue weighted by Crippen LogP contribution is 2.40. The summed E-state index contributed by atoms with van der Waals surface area (Å²) in [7, 11) is -3.83. The van der Waals surface area contributed by atoms with Gasteiger partial charge in [0.15, 0.2) is 5.16 Å². The minimum Gasteiger partial charge on any atom is -0.325 e. The zero-order chi connectivity index (χ0) is 21.3. The third-order valence-electron chi connectivity index (χ3n) is 4.64. The lowest BCUT2D eigenvalue weighted by Crippen LogP contribution is -2.23. The maximum atomic E-state index is 12.7. The van der Waals surface area contributed by atoms with Crippen molar-refractivity contribution in [3.8, 4) is 0 Å². The molecule has 2 heterocycles. The zero-order valence-electron chi connectivity index (χ0n) is 16.2. The number of benzene rings is 1. The van der Waals surface area contributed by atoms with Crippen LogP contribution in [0.3, 0.4) is 0 Å². The number of thioether (sulfide) groups is 1. The Labute approximate surface area is 182 Å². The van der Waals surface area contributed by atoms with Crippen LogP contribution < -0.4 is 10.5 Å². The van der Waals surface area contributed by atoms with Gasteiger partial charge < -0.3 is 9.88 Å². The first-order valence-electron chi connectivity index (χ1n) is 9.38. The fraction of sp³-hybridized carbons (Fsp3) is 0.316. The third kappa shape index (κ3) is 4.91. The monoisotopic (exact) mass is 463 g/mol. The summed E-state index contributed by atoms with van der Waals surface area (Å²) in [5.74, 6) is 0.660. The van der Waals surface area contributed by atoms with Gasteiger partial charge in [-0.15, -0.1) is 21.5 Å². The van der Waals surface area contributed by atoms with E-state index >= 15 is 0 Å². The van der Waals surface area contributed by atoms with Gasteiger partial charge in [0.1, 0.15) is 5.82 Å². The summed E-state index contributed by atoms with van der Waals surface area (Å²) in [5.41, 5.74) is 0.376. The molecule has 1 saturated carbocycles. The van der Waals surface area contributed by atoms with Gasteiger partial charge >= 0.3 is 0 Å². The molecule has 0 unspecified atom stereocenters. The van der Waals surface area contributed by atoms with Gasteiger partial charge in [0.2, 0.25) is 15.9 Å². The first-order valence-corrected chi connectivity index (χ1v) is 12.7. The van der Waals surface area contributed by atoms with Crippen LogP contribution >= 0.6 is 23.1 Å². The summed E-state index contributed by atoms with van der Waals surface area (Å²) in [6.07, 6.45) is 2.90. The summed E-state index contributed by atoms with van der Waals surface area (Å²) in [6.45, 7) is 1.79. The van der Waals surface area contributed by atoms with E-state index in [1.807, 2.05) is 11.4 Å². The molecular weight excluding hydrogens is 442 g/mol. The van der Waals surface area contributed by atoms with Gasteiger partial charge in [0.25, 0.3) is 0 Å². The van der Waals surface area contributed by atoms with E-state index in [2.05, 4.69) is 26.1 Å². The molecule has 11 heteroatoms. The van der Waals surface area contributed by atoms with Crippen molar-refractivity contribution in [2.24, 2.45) is 5.14 Å². The molecule has 2 aromatic heterocycles. The summed E-state index contributed by atoms with van der Waals surface area (Å²) >= 11 is 3.03. The van der Waals surface area contributed by atoms with E-state index < -0.39 is 15.3 Å². The van der Waals surface area contributed by atoms with E-state index in [9.17, 15) is 13.2 Å². The summed E-state index contributed by atoms with van der Waals surface area (Å²) in [4.78, 5) is 13.8. The number of aromatic nitrogens is 3. The van der Waals surface area contributed by atoms with Gasteiger partial charge in [-0.25, -0.2) is 13.6 Å². The zero-order valence-corrected chi connectivity index (χ0v) is 18.6. The van der Waals surface area contributed by atoms with Crippen molar-refractivity contribution in [1.82, 2.24) is 14.8 Å². The molecule has 0 saturated heterocycles. The van der Waals surface area contributed by atoms with E-state index in [1.54, 1.807) is 24.3 Å². The van der Waals surface area contributed by atoms with Crippen molar-refractivity contribution in [2.75, 3.05) is 5.32 Å². The molecule has 1 amide bonds. The highest BCUT2D eigenvalue weighted by molar-refractivity contribution is 8.00. The Kier molecular flexibility index (Phi) is 5.96. The number of nitrogens with zero attached hydrogens (tertiary/aromatic N) is 3. The van der Waals surface area contributed by atoms with Crippen molar-refractivity contribution in [1.29, 1.82) is 0 Å². The molecule has 1 aromatic carbocycles. The van der Waals surface area contributed by atoms with Gasteiger partial charge in [-0.1, -0.05) is 23.9 Å². The van der Waals surface area contributed by atoms with E-state index in [4.69, 9.17) is 5.14 Å². The van der Waals surface area contributed by atoms with Crippen molar-refractivity contribution in [3.05, 3.63) is 52.5 Å². The Balaban J connectivity index is 1.47. The molecule has 1 fully saturated rings. The molecule has 0 radical (unpaired) electrons. The van der Waals surface area contributed by atoms with Crippen LogP contribution in [0.4, 0.5) is 5.69 Å². The number of thiophene rings is 1. The van der Waals surface area contributed by atoms with Crippen LogP contribution in [0.15, 0.2) is 51.8 Å². The largest absolute Gasteiger partial charge is 0.325 e. The van der Waals surface area contributed by atoms with Gasteiger partial charge in [0, 0.05) is 23.0 Å². The van der Waals surface area contributed by atoms with Gasteiger partial charge in [-0.2, -0.15) is 0 Å². The molecule has 0 spiro atoms. The Morgan fingerprint density at radius 1 is 1.33 bits per heavy atom. The molecule has 1 atom stereocenters. The fourth-order valence-corrected chi connectivity index (χ4v) is 5.18. The molecule has 0 aliphatic heterocycles. The number of carbonyl (C=O) groups is 1. The lowest BCUT2D eigenvalue weighted by atomic mass is 10.3. The minimum absolute atomic E-state index is 0.0488. The number of anilines is 1. The number of sulfonamides is 1. The minimum atomic E-state index is -3.83. The highest BCUT2D eigenvalue weighted by atomic mass is 32.2. The quantitative estimate of drug-likeness (QED) is 0.496. The van der Waals surface area contributed by atoms with Crippen LogP contribution in [0, 0.1) is 0 Å². The average Bonchev–Trinajstić information content (AvgIpc) is 3.25. The number of rotatable bonds is 8. The lowest BCUT2D eigenvalue weighted by molar-refractivity contribution is -0.115. The summed E-state index contributed by atoms with van der Waals surface area (Å²) in [6, 6.07) is 10.4. The topological polar surface area (TPSA) is 120 Å². The van der Waals surface area contributed by atoms with Gasteiger partial charge in [0.05, 0.1) is 10.1 Å². The Morgan fingerprint density at radius 3 is 2.80 bits per heavy atom. The maximum Gasteiger partial charge on any atom is 0.238 e. The Bertz CT molecular complexity index is 1150. The molecular formula is C19H21N5O3S3. The Morgan fingerprint density at radius 2 is 2.13 bits per heavy atom. The highest BCUT2D eigenvalue weighted by Gasteiger charge is 2.31. The average molecular weight is 464 g/mol. The van der Waals surface area contributed by atoms with Crippen LogP contribution in [0.2, 0.25) is 0 Å². The standard InChI is InChI=1S/C19H21N5O3S3/c1-12(18(25)21-13-4-2-6-16(10-13)30(20,26)27)29-19-23-22-17(24(19)14-7-8-14)11-15-5-3-9-28-15/h2-6,9-10,12,14H,7-8,11H2,1H3,(H,21,25)(H2,20,26,27)/t12-/m0/s1. The van der Waals surface area contributed by atoms with Gasteiger partial charge in [-0.05, 0) is 49.4 Å². The molecule has 1 aliphatic rings. The van der Waals surface area contributed by atoms with Crippen LogP contribution in [0.1, 0.15) is 36.5 Å². The van der Waals surface area contributed by atoms with Crippen molar-refractivity contribution in [3.63, 3.8) is 0 Å². The number of nitrogens with one attached hydrogen (secondary N) is 1. The molecule has 1 aliphatic carbocycles. The van der Waals surface area contributed by atoms with E-state index in [-0.39, 0.29) is 10.8 Å². The molecule has 4 rings (SSSR count). The van der Waals surface area contributed by atoms with Crippen LogP contribution in [-0.2, 0) is 21.2 Å². The van der Waals surface area contributed by atoms with Crippen molar-refractivity contribution >= 4 is 44.7 Å². The maximum absolute atomic E-state index is 12.7. The van der Waals surface area contributed by atoms with Crippen molar-refractivity contribution in [2.45, 2.75) is 47.5 Å². The van der Waals surface area contributed by atoms with Crippen molar-refractivity contribution < 1.29 is 13.2 Å². The number of amides is 1. The second kappa shape index (κ2) is 8.50. The second-order valence-electron chi connectivity index (χ2n) is 7.08. The Hall–Kier alpha value is -2.21. The second-order valence-corrected chi connectivity index (χ2v) is 11.0. The lowest BCUT2D eigenvalue weighted by Gasteiger charge is -2.13. The predicted molar refractivity (Wildman–Crippen MR) is 117 cm³/mol. The van der Waals surface area contributed by atoms with Crippen LogP contribution in [-0.4, -0.2) is 34.3 Å². The summed E-state index contributed by atoms with van der Waals surface area (Å²) < 4.78 is 25.2.